The van der Waals surface area contributed by atoms with Crippen LogP contribution in [0.25, 0.3) is 11.1 Å². The quantitative estimate of drug-likeness (QED) is 0.364. The zero-order valence-electron chi connectivity index (χ0n) is 24.7. The molecule has 1 saturated heterocycles. The standard InChI is InChI=1S/C34H42N2O4/c1-22-10-12-26(13-11-22)30-23(2)28-20-35(19-25-8-7-9-27(18-25)36-14-16-39-17-15-36)21-29(28)24(3)31(30)32(33(37)38)40-34(4,5)6/h7-13,18,32H,14-17,19-21H2,1-6H3,(H,37,38). The molecule has 2 heterocycles. The molecule has 1 fully saturated rings. The van der Waals surface area contributed by atoms with E-state index in [4.69, 9.17) is 9.47 Å². The van der Waals surface area contributed by atoms with Crippen LogP contribution in [-0.4, -0.2) is 47.9 Å². The Kier molecular flexibility index (Phi) is 8.05. The van der Waals surface area contributed by atoms with E-state index in [1.54, 1.807) is 0 Å². The van der Waals surface area contributed by atoms with Gasteiger partial charge in [-0.15, -0.1) is 0 Å². The molecule has 0 aliphatic carbocycles. The Morgan fingerprint density at radius 3 is 2.25 bits per heavy atom. The first-order valence-corrected chi connectivity index (χ1v) is 14.3. The van der Waals surface area contributed by atoms with E-state index in [-0.39, 0.29) is 0 Å². The fourth-order valence-electron chi connectivity index (χ4n) is 6.14. The molecule has 3 aromatic carbocycles. The molecule has 1 atom stereocenters. The summed E-state index contributed by atoms with van der Waals surface area (Å²) in [5.74, 6) is -0.958. The molecule has 0 bridgehead atoms. The molecule has 0 spiro atoms. The molecule has 6 nitrogen and oxygen atoms in total. The second kappa shape index (κ2) is 11.4. The van der Waals surface area contributed by atoms with Crippen molar-refractivity contribution >= 4 is 11.7 Å². The first-order valence-electron chi connectivity index (χ1n) is 14.3. The van der Waals surface area contributed by atoms with Crippen molar-refractivity contribution in [3.8, 4) is 11.1 Å². The first kappa shape index (κ1) is 28.3. The van der Waals surface area contributed by atoms with Crippen molar-refractivity contribution in [1.29, 1.82) is 0 Å². The van der Waals surface area contributed by atoms with Gasteiger partial charge in [-0.05, 0) is 92.6 Å². The van der Waals surface area contributed by atoms with E-state index >= 15 is 0 Å². The number of nitrogens with zero attached hydrogens (tertiary/aromatic N) is 2. The number of carbonyl (C=O) groups is 1. The second-order valence-electron chi connectivity index (χ2n) is 12.2. The minimum absolute atomic E-state index is 0.607. The van der Waals surface area contributed by atoms with Gasteiger partial charge in [0.25, 0.3) is 0 Å². The molecule has 0 radical (unpaired) electrons. The predicted molar refractivity (Wildman–Crippen MR) is 160 cm³/mol. The number of morpholine rings is 1. The summed E-state index contributed by atoms with van der Waals surface area (Å²) >= 11 is 0. The Labute approximate surface area is 238 Å². The molecular weight excluding hydrogens is 500 g/mol. The highest BCUT2D eigenvalue weighted by atomic mass is 16.5. The van der Waals surface area contributed by atoms with Gasteiger partial charge in [0.05, 0.1) is 18.8 Å². The molecule has 1 N–H and O–H groups in total. The molecule has 212 valence electrons. The Morgan fingerprint density at radius 1 is 0.975 bits per heavy atom. The number of hydrogen-bond acceptors (Lipinski definition) is 5. The maximum Gasteiger partial charge on any atom is 0.337 e. The van der Waals surface area contributed by atoms with E-state index in [1.165, 1.54) is 27.9 Å². The summed E-state index contributed by atoms with van der Waals surface area (Å²) in [4.78, 5) is 17.6. The van der Waals surface area contributed by atoms with Gasteiger partial charge < -0.3 is 19.5 Å². The maximum absolute atomic E-state index is 12.7. The van der Waals surface area contributed by atoms with E-state index in [9.17, 15) is 9.90 Å². The molecule has 5 rings (SSSR count). The Bertz CT molecular complexity index is 1380. The van der Waals surface area contributed by atoms with Crippen molar-refractivity contribution in [2.24, 2.45) is 0 Å². The zero-order valence-corrected chi connectivity index (χ0v) is 24.7. The van der Waals surface area contributed by atoms with E-state index in [0.29, 0.717) is 0 Å². The molecule has 3 aromatic rings. The van der Waals surface area contributed by atoms with Crippen molar-refractivity contribution in [2.45, 2.75) is 72.9 Å². The third-order valence-corrected chi connectivity index (χ3v) is 8.07. The van der Waals surface area contributed by atoms with E-state index in [1.807, 2.05) is 20.8 Å². The van der Waals surface area contributed by atoms with Crippen LogP contribution in [0.5, 0.6) is 0 Å². The maximum atomic E-state index is 12.7. The van der Waals surface area contributed by atoms with Crippen LogP contribution in [0.15, 0.2) is 48.5 Å². The van der Waals surface area contributed by atoms with Crippen LogP contribution in [0.1, 0.15) is 65.8 Å². The fourth-order valence-corrected chi connectivity index (χ4v) is 6.14. The third-order valence-electron chi connectivity index (χ3n) is 8.07. The van der Waals surface area contributed by atoms with Crippen molar-refractivity contribution in [2.75, 3.05) is 31.2 Å². The van der Waals surface area contributed by atoms with Gasteiger partial charge >= 0.3 is 5.97 Å². The third kappa shape index (κ3) is 5.95. The first-order chi connectivity index (χ1) is 19.0. The minimum Gasteiger partial charge on any atom is -0.479 e. The van der Waals surface area contributed by atoms with Crippen molar-refractivity contribution in [1.82, 2.24) is 4.90 Å². The molecule has 6 heteroatoms. The van der Waals surface area contributed by atoms with Crippen LogP contribution in [0, 0.1) is 20.8 Å². The van der Waals surface area contributed by atoms with Crippen LogP contribution in [0.3, 0.4) is 0 Å². The van der Waals surface area contributed by atoms with Crippen LogP contribution in [0.4, 0.5) is 5.69 Å². The zero-order chi connectivity index (χ0) is 28.6. The summed E-state index contributed by atoms with van der Waals surface area (Å²) in [6.45, 7) is 17.9. The normalized spacial score (nSPS) is 16.7. The molecule has 2 aliphatic rings. The number of rotatable bonds is 7. The molecular formula is C34H42N2O4. The highest BCUT2D eigenvalue weighted by Crippen LogP contribution is 2.44. The number of carboxylic acid groups (broad SMARTS) is 1. The monoisotopic (exact) mass is 542 g/mol. The van der Waals surface area contributed by atoms with Crippen LogP contribution in [0.2, 0.25) is 0 Å². The topological polar surface area (TPSA) is 62.2 Å². The van der Waals surface area contributed by atoms with Crippen molar-refractivity contribution in [3.63, 3.8) is 0 Å². The van der Waals surface area contributed by atoms with Crippen LogP contribution >= 0.6 is 0 Å². The minimum atomic E-state index is -1.06. The number of ether oxygens (including phenoxy) is 2. The second-order valence-corrected chi connectivity index (χ2v) is 12.2. The van der Waals surface area contributed by atoms with Gasteiger partial charge in [0.15, 0.2) is 6.10 Å². The molecule has 0 aromatic heterocycles. The molecule has 0 amide bonds. The highest BCUT2D eigenvalue weighted by Gasteiger charge is 2.35. The SMILES string of the molecule is Cc1ccc(-c2c(C)c3c(c(C)c2C(OC(C)(C)C)C(=O)O)CN(Cc2cccc(N4CCOCC4)c2)C3)cc1. The van der Waals surface area contributed by atoms with Gasteiger partial charge in [0.1, 0.15) is 0 Å². The van der Waals surface area contributed by atoms with Gasteiger partial charge in [-0.1, -0.05) is 42.0 Å². The van der Waals surface area contributed by atoms with Crippen molar-refractivity contribution in [3.05, 3.63) is 87.5 Å². The summed E-state index contributed by atoms with van der Waals surface area (Å²) in [5, 5.41) is 10.4. The predicted octanol–water partition coefficient (Wildman–Crippen LogP) is 6.57. The van der Waals surface area contributed by atoms with Gasteiger partial charge in [-0.3, -0.25) is 4.90 Å². The summed E-state index contributed by atoms with van der Waals surface area (Å²) in [6, 6.07) is 17.2. The summed E-state index contributed by atoms with van der Waals surface area (Å²) in [7, 11) is 0. The Hall–Kier alpha value is -3.19. The number of anilines is 1. The van der Waals surface area contributed by atoms with E-state index in [2.05, 4.69) is 79.1 Å². The lowest BCUT2D eigenvalue weighted by Gasteiger charge is -2.30. The fraction of sp³-hybridized carbons (Fsp3) is 0.441. The Morgan fingerprint density at radius 2 is 1.62 bits per heavy atom. The van der Waals surface area contributed by atoms with Gasteiger partial charge in [-0.2, -0.15) is 0 Å². The smallest absolute Gasteiger partial charge is 0.337 e. The number of aliphatic carboxylic acids is 1. The largest absolute Gasteiger partial charge is 0.479 e. The van der Waals surface area contributed by atoms with Crippen LogP contribution < -0.4 is 4.90 Å². The van der Waals surface area contributed by atoms with Gasteiger partial charge in [0.2, 0.25) is 0 Å². The summed E-state index contributed by atoms with van der Waals surface area (Å²) in [6.07, 6.45) is -1.06. The molecule has 1 unspecified atom stereocenters. The van der Waals surface area contributed by atoms with E-state index in [0.717, 1.165) is 73.8 Å². The number of hydrogen-bond donors (Lipinski definition) is 1. The number of fused-ring (bicyclic) bond motifs is 1. The number of carboxylic acids is 1. The lowest BCUT2D eigenvalue weighted by molar-refractivity contribution is -0.160. The molecule has 0 saturated carbocycles. The van der Waals surface area contributed by atoms with Crippen molar-refractivity contribution < 1.29 is 19.4 Å². The molecule has 2 aliphatic heterocycles. The lowest BCUT2D eigenvalue weighted by atomic mass is 9.83. The molecule has 40 heavy (non-hydrogen) atoms. The summed E-state index contributed by atoms with van der Waals surface area (Å²) in [5.41, 5.74) is 10.6. The average molecular weight is 543 g/mol. The van der Waals surface area contributed by atoms with Crippen LogP contribution in [-0.2, 0) is 33.9 Å². The highest BCUT2D eigenvalue weighted by molar-refractivity contribution is 5.84. The lowest BCUT2D eigenvalue weighted by Crippen LogP contribution is -2.36. The average Bonchev–Trinajstić information content (AvgIpc) is 3.34. The van der Waals surface area contributed by atoms with E-state index < -0.39 is 17.7 Å². The van der Waals surface area contributed by atoms with Gasteiger partial charge in [0, 0.05) is 44.0 Å². The van der Waals surface area contributed by atoms with Gasteiger partial charge in [-0.25, -0.2) is 4.79 Å². The number of benzene rings is 3. The Balaban J connectivity index is 1.53. The summed E-state index contributed by atoms with van der Waals surface area (Å²) < 4.78 is 11.8. The number of aryl methyl sites for hydroxylation is 1.